The molecule has 1 aliphatic rings. The van der Waals surface area contributed by atoms with Gasteiger partial charge in [0.15, 0.2) is 0 Å². The SMILES string of the molecule is CC(C)(C)NC(=O)OCC1(N)CCCCCC1. The monoisotopic (exact) mass is 242 g/mol. The normalized spacial score (nSPS) is 20.5. The van der Waals surface area contributed by atoms with Crippen molar-refractivity contribution in [3.8, 4) is 0 Å². The number of nitrogens with one attached hydrogen (secondary N) is 1. The van der Waals surface area contributed by atoms with E-state index >= 15 is 0 Å². The van der Waals surface area contributed by atoms with Crippen LogP contribution in [-0.2, 0) is 4.74 Å². The van der Waals surface area contributed by atoms with E-state index in [1.807, 2.05) is 20.8 Å². The first kappa shape index (κ1) is 14.3. The summed E-state index contributed by atoms with van der Waals surface area (Å²) in [6, 6.07) is 0. The van der Waals surface area contributed by atoms with Crippen molar-refractivity contribution in [2.24, 2.45) is 5.73 Å². The Hall–Kier alpha value is -0.770. The van der Waals surface area contributed by atoms with Crippen molar-refractivity contribution < 1.29 is 9.53 Å². The molecule has 0 spiro atoms. The molecule has 4 nitrogen and oxygen atoms in total. The predicted octanol–water partition coefficient (Wildman–Crippen LogP) is 2.56. The third-order valence-corrected chi connectivity index (χ3v) is 3.07. The average Bonchev–Trinajstić information content (AvgIpc) is 2.38. The maximum atomic E-state index is 11.5. The molecule has 100 valence electrons. The van der Waals surface area contributed by atoms with Crippen molar-refractivity contribution >= 4 is 6.09 Å². The molecule has 0 saturated heterocycles. The summed E-state index contributed by atoms with van der Waals surface area (Å²) in [5.74, 6) is 0. The van der Waals surface area contributed by atoms with Gasteiger partial charge in [-0.3, -0.25) is 0 Å². The number of alkyl carbamates (subject to hydrolysis) is 1. The molecule has 0 atom stereocenters. The van der Waals surface area contributed by atoms with Gasteiger partial charge in [0, 0.05) is 5.54 Å². The molecule has 3 N–H and O–H groups in total. The van der Waals surface area contributed by atoms with E-state index in [0.717, 1.165) is 25.7 Å². The molecule has 0 aliphatic heterocycles. The molecule has 0 heterocycles. The van der Waals surface area contributed by atoms with Crippen LogP contribution in [0, 0.1) is 0 Å². The lowest BCUT2D eigenvalue weighted by Gasteiger charge is -2.28. The maximum absolute atomic E-state index is 11.5. The topological polar surface area (TPSA) is 64.3 Å². The van der Waals surface area contributed by atoms with Gasteiger partial charge in [0.2, 0.25) is 0 Å². The summed E-state index contributed by atoms with van der Waals surface area (Å²) in [5, 5.41) is 2.77. The summed E-state index contributed by atoms with van der Waals surface area (Å²) in [7, 11) is 0. The van der Waals surface area contributed by atoms with E-state index in [-0.39, 0.29) is 17.2 Å². The Morgan fingerprint density at radius 1 is 1.24 bits per heavy atom. The van der Waals surface area contributed by atoms with Gasteiger partial charge in [-0.2, -0.15) is 0 Å². The second kappa shape index (κ2) is 5.71. The van der Waals surface area contributed by atoms with E-state index in [1.54, 1.807) is 0 Å². The highest BCUT2D eigenvalue weighted by molar-refractivity contribution is 5.68. The van der Waals surface area contributed by atoms with Crippen molar-refractivity contribution in [1.82, 2.24) is 5.32 Å². The summed E-state index contributed by atoms with van der Waals surface area (Å²) in [5.41, 5.74) is 5.69. The smallest absolute Gasteiger partial charge is 0.407 e. The zero-order valence-corrected chi connectivity index (χ0v) is 11.3. The number of nitrogens with two attached hydrogens (primary N) is 1. The van der Waals surface area contributed by atoms with Crippen molar-refractivity contribution in [3.05, 3.63) is 0 Å². The van der Waals surface area contributed by atoms with Gasteiger partial charge >= 0.3 is 6.09 Å². The largest absolute Gasteiger partial charge is 0.448 e. The van der Waals surface area contributed by atoms with Gasteiger partial charge in [-0.15, -0.1) is 0 Å². The van der Waals surface area contributed by atoms with Gasteiger partial charge < -0.3 is 15.8 Å². The Morgan fingerprint density at radius 3 is 2.24 bits per heavy atom. The average molecular weight is 242 g/mol. The lowest BCUT2D eigenvalue weighted by Crippen LogP contribution is -2.47. The van der Waals surface area contributed by atoms with Crippen LogP contribution < -0.4 is 11.1 Å². The van der Waals surface area contributed by atoms with Crippen molar-refractivity contribution in [2.45, 2.75) is 70.4 Å². The van der Waals surface area contributed by atoms with Gasteiger partial charge in [0.05, 0.1) is 5.54 Å². The summed E-state index contributed by atoms with van der Waals surface area (Å²) in [4.78, 5) is 11.5. The predicted molar refractivity (Wildman–Crippen MR) is 68.9 cm³/mol. The van der Waals surface area contributed by atoms with Crippen LogP contribution >= 0.6 is 0 Å². The maximum Gasteiger partial charge on any atom is 0.407 e. The van der Waals surface area contributed by atoms with Crippen LogP contribution in [0.25, 0.3) is 0 Å². The van der Waals surface area contributed by atoms with E-state index in [2.05, 4.69) is 5.32 Å². The standard InChI is InChI=1S/C13H26N2O2/c1-12(2,3)15-11(16)17-10-13(14)8-6-4-5-7-9-13/h4-10,14H2,1-3H3,(H,15,16). The van der Waals surface area contributed by atoms with Gasteiger partial charge in [0.1, 0.15) is 6.61 Å². The molecular weight excluding hydrogens is 216 g/mol. The Kier molecular flexibility index (Phi) is 4.80. The molecule has 1 aliphatic carbocycles. The second-order valence-electron chi connectivity index (χ2n) is 6.23. The molecule has 0 bridgehead atoms. The Morgan fingerprint density at radius 2 is 1.76 bits per heavy atom. The lowest BCUT2D eigenvalue weighted by atomic mass is 9.93. The van der Waals surface area contributed by atoms with Crippen molar-refractivity contribution in [1.29, 1.82) is 0 Å². The van der Waals surface area contributed by atoms with Gasteiger partial charge in [-0.05, 0) is 33.6 Å². The molecule has 1 saturated carbocycles. The van der Waals surface area contributed by atoms with Gasteiger partial charge in [-0.1, -0.05) is 25.7 Å². The Bertz CT molecular complexity index is 251. The van der Waals surface area contributed by atoms with E-state index in [0.29, 0.717) is 6.61 Å². The number of ether oxygens (including phenoxy) is 1. The molecule has 17 heavy (non-hydrogen) atoms. The molecule has 1 fully saturated rings. The number of rotatable bonds is 2. The van der Waals surface area contributed by atoms with Crippen molar-refractivity contribution in [2.75, 3.05) is 6.61 Å². The quantitative estimate of drug-likeness (QED) is 0.731. The highest BCUT2D eigenvalue weighted by atomic mass is 16.5. The first-order valence-electron chi connectivity index (χ1n) is 6.55. The molecule has 0 unspecified atom stereocenters. The Balaban J connectivity index is 2.35. The molecule has 1 amide bonds. The minimum Gasteiger partial charge on any atom is -0.448 e. The van der Waals surface area contributed by atoms with Gasteiger partial charge in [-0.25, -0.2) is 4.79 Å². The molecule has 0 aromatic rings. The fourth-order valence-electron chi connectivity index (χ4n) is 2.13. The number of carbonyl (C=O) groups is 1. The van der Waals surface area contributed by atoms with Crippen LogP contribution in [0.3, 0.4) is 0 Å². The highest BCUT2D eigenvalue weighted by Crippen LogP contribution is 2.25. The number of amides is 1. The molecule has 0 aromatic heterocycles. The summed E-state index contributed by atoms with van der Waals surface area (Å²) < 4.78 is 5.24. The van der Waals surface area contributed by atoms with E-state index < -0.39 is 0 Å². The molecule has 0 aromatic carbocycles. The summed E-state index contributed by atoms with van der Waals surface area (Å²) >= 11 is 0. The molecule has 0 radical (unpaired) electrons. The zero-order chi connectivity index (χ0) is 12.9. The van der Waals surface area contributed by atoms with Gasteiger partial charge in [0.25, 0.3) is 0 Å². The van der Waals surface area contributed by atoms with Crippen LogP contribution in [-0.4, -0.2) is 23.8 Å². The van der Waals surface area contributed by atoms with Crippen LogP contribution in [0.1, 0.15) is 59.3 Å². The van der Waals surface area contributed by atoms with E-state index in [4.69, 9.17) is 10.5 Å². The van der Waals surface area contributed by atoms with Crippen LogP contribution in [0.5, 0.6) is 0 Å². The third kappa shape index (κ3) is 5.91. The fraction of sp³-hybridized carbons (Fsp3) is 0.923. The van der Waals surface area contributed by atoms with E-state index in [1.165, 1.54) is 12.8 Å². The second-order valence-corrected chi connectivity index (χ2v) is 6.23. The zero-order valence-electron chi connectivity index (χ0n) is 11.3. The van der Waals surface area contributed by atoms with Crippen LogP contribution in [0.15, 0.2) is 0 Å². The van der Waals surface area contributed by atoms with E-state index in [9.17, 15) is 4.79 Å². The molecule has 4 heteroatoms. The summed E-state index contributed by atoms with van der Waals surface area (Å²) in [6.07, 6.45) is 6.31. The highest BCUT2D eigenvalue weighted by Gasteiger charge is 2.28. The summed E-state index contributed by atoms with van der Waals surface area (Å²) in [6.45, 7) is 6.11. The third-order valence-electron chi connectivity index (χ3n) is 3.07. The minimum absolute atomic E-state index is 0.262. The molecule has 1 rings (SSSR count). The van der Waals surface area contributed by atoms with Crippen LogP contribution in [0.2, 0.25) is 0 Å². The lowest BCUT2D eigenvalue weighted by molar-refractivity contribution is 0.104. The van der Waals surface area contributed by atoms with Crippen molar-refractivity contribution in [3.63, 3.8) is 0 Å². The van der Waals surface area contributed by atoms with Crippen LogP contribution in [0.4, 0.5) is 4.79 Å². The first-order chi connectivity index (χ1) is 7.81. The Labute approximate surface area is 104 Å². The minimum atomic E-state index is -0.369. The first-order valence-corrected chi connectivity index (χ1v) is 6.55. The molecular formula is C13H26N2O2. The number of carbonyl (C=O) groups excluding carboxylic acids is 1. The fourth-order valence-corrected chi connectivity index (χ4v) is 2.13. The number of hydrogen-bond donors (Lipinski definition) is 2. The number of hydrogen-bond acceptors (Lipinski definition) is 3.